The average Bonchev–Trinajstić information content (AvgIpc) is 2.33. The highest BCUT2D eigenvalue weighted by molar-refractivity contribution is 5.52. The molecular formula is C13H20N2O. The Morgan fingerprint density at radius 2 is 1.75 bits per heavy atom. The van der Waals surface area contributed by atoms with Crippen molar-refractivity contribution in [1.29, 1.82) is 0 Å². The quantitative estimate of drug-likeness (QED) is 0.685. The maximum atomic E-state index is 9.57. The van der Waals surface area contributed by atoms with E-state index in [1.165, 1.54) is 19.3 Å². The van der Waals surface area contributed by atoms with Gasteiger partial charge in [0.1, 0.15) is 0 Å². The fourth-order valence-electron chi connectivity index (χ4n) is 2.42. The van der Waals surface area contributed by atoms with Gasteiger partial charge in [0.15, 0.2) is 0 Å². The van der Waals surface area contributed by atoms with Gasteiger partial charge in [-0.1, -0.05) is 19.3 Å². The summed E-state index contributed by atoms with van der Waals surface area (Å²) in [5, 5.41) is 13.0. The Morgan fingerprint density at radius 3 is 2.31 bits per heavy atom. The molecule has 0 aromatic heterocycles. The van der Waals surface area contributed by atoms with Crippen LogP contribution in [0.4, 0.5) is 11.4 Å². The van der Waals surface area contributed by atoms with E-state index in [0.29, 0.717) is 0 Å². The van der Waals surface area contributed by atoms with E-state index in [1.54, 1.807) is 0 Å². The van der Waals surface area contributed by atoms with Gasteiger partial charge >= 0.3 is 0 Å². The number of nitrogen functional groups attached to an aromatic ring is 1. The predicted octanol–water partition coefficient (Wildman–Crippen LogP) is 2.38. The van der Waals surface area contributed by atoms with Crippen molar-refractivity contribution in [3.05, 3.63) is 24.3 Å². The standard InChI is InChI=1S/C13H20N2O/c14-11-4-6-12(7-5-11)15-13(10-16)8-2-1-3-9-13/h4-7,15-16H,1-3,8-10,14H2. The number of benzene rings is 1. The monoisotopic (exact) mass is 220 g/mol. The third kappa shape index (κ3) is 2.47. The highest BCUT2D eigenvalue weighted by Gasteiger charge is 2.30. The minimum atomic E-state index is -0.117. The Hall–Kier alpha value is -1.22. The van der Waals surface area contributed by atoms with Crippen LogP contribution in [0.2, 0.25) is 0 Å². The minimum absolute atomic E-state index is 0.117. The van der Waals surface area contributed by atoms with Crippen molar-refractivity contribution in [2.24, 2.45) is 0 Å². The molecule has 0 heterocycles. The van der Waals surface area contributed by atoms with Gasteiger partial charge in [0.05, 0.1) is 12.1 Å². The average molecular weight is 220 g/mol. The van der Waals surface area contributed by atoms with Crippen molar-refractivity contribution in [3.8, 4) is 0 Å². The van der Waals surface area contributed by atoms with E-state index in [4.69, 9.17) is 5.73 Å². The number of nitrogens with one attached hydrogen (secondary N) is 1. The molecule has 0 atom stereocenters. The van der Waals surface area contributed by atoms with E-state index in [9.17, 15) is 5.11 Å². The zero-order chi connectivity index (χ0) is 11.4. The van der Waals surface area contributed by atoms with Gasteiger partial charge in [0, 0.05) is 11.4 Å². The van der Waals surface area contributed by atoms with Crippen molar-refractivity contribution in [2.75, 3.05) is 17.7 Å². The predicted molar refractivity (Wildman–Crippen MR) is 67.4 cm³/mol. The molecule has 3 heteroatoms. The van der Waals surface area contributed by atoms with Crippen LogP contribution in [0.3, 0.4) is 0 Å². The molecule has 0 aliphatic heterocycles. The Bertz CT molecular complexity index is 328. The lowest BCUT2D eigenvalue weighted by Crippen LogP contribution is -2.43. The lowest BCUT2D eigenvalue weighted by atomic mass is 9.82. The summed E-state index contributed by atoms with van der Waals surface area (Å²) in [6.07, 6.45) is 5.78. The van der Waals surface area contributed by atoms with Gasteiger partial charge in [-0.3, -0.25) is 0 Å². The number of hydrogen-bond donors (Lipinski definition) is 3. The first-order valence-electron chi connectivity index (χ1n) is 5.99. The van der Waals surface area contributed by atoms with Crippen molar-refractivity contribution in [2.45, 2.75) is 37.6 Å². The van der Waals surface area contributed by atoms with Gasteiger partial charge in [-0.15, -0.1) is 0 Å². The Labute approximate surface area is 96.7 Å². The summed E-state index contributed by atoms with van der Waals surface area (Å²) >= 11 is 0. The second kappa shape index (κ2) is 4.74. The third-order valence-corrected chi connectivity index (χ3v) is 3.43. The highest BCUT2D eigenvalue weighted by Crippen LogP contribution is 2.31. The van der Waals surface area contributed by atoms with E-state index in [-0.39, 0.29) is 12.1 Å². The van der Waals surface area contributed by atoms with E-state index in [2.05, 4.69) is 5.32 Å². The number of aliphatic hydroxyl groups excluding tert-OH is 1. The SMILES string of the molecule is Nc1ccc(NC2(CO)CCCCC2)cc1. The van der Waals surface area contributed by atoms with Crippen molar-refractivity contribution >= 4 is 11.4 Å². The van der Waals surface area contributed by atoms with Crippen LogP contribution >= 0.6 is 0 Å². The molecule has 2 rings (SSSR count). The van der Waals surface area contributed by atoms with Crippen LogP contribution in [0.1, 0.15) is 32.1 Å². The maximum Gasteiger partial charge on any atom is 0.0661 e. The molecule has 1 aliphatic rings. The van der Waals surface area contributed by atoms with Gasteiger partial charge in [0.2, 0.25) is 0 Å². The summed E-state index contributed by atoms with van der Waals surface area (Å²) in [5.41, 5.74) is 7.35. The van der Waals surface area contributed by atoms with Gasteiger partial charge < -0.3 is 16.2 Å². The fraction of sp³-hybridized carbons (Fsp3) is 0.538. The van der Waals surface area contributed by atoms with Crippen molar-refractivity contribution in [3.63, 3.8) is 0 Å². The second-order valence-electron chi connectivity index (χ2n) is 4.75. The summed E-state index contributed by atoms with van der Waals surface area (Å²) < 4.78 is 0. The van der Waals surface area contributed by atoms with E-state index >= 15 is 0 Å². The topological polar surface area (TPSA) is 58.3 Å². The largest absolute Gasteiger partial charge is 0.399 e. The van der Waals surface area contributed by atoms with Crippen LogP contribution in [0.15, 0.2) is 24.3 Å². The van der Waals surface area contributed by atoms with Crippen molar-refractivity contribution < 1.29 is 5.11 Å². The van der Waals surface area contributed by atoms with Gasteiger partial charge in [-0.2, -0.15) is 0 Å². The molecule has 1 aliphatic carbocycles. The van der Waals surface area contributed by atoms with Crippen LogP contribution in [0, 0.1) is 0 Å². The molecule has 4 N–H and O–H groups in total. The maximum absolute atomic E-state index is 9.57. The molecule has 0 bridgehead atoms. The molecule has 1 aromatic rings. The van der Waals surface area contributed by atoms with E-state index in [1.807, 2.05) is 24.3 Å². The molecule has 0 amide bonds. The number of hydrogen-bond acceptors (Lipinski definition) is 3. The van der Waals surface area contributed by atoms with Gasteiger partial charge in [0.25, 0.3) is 0 Å². The minimum Gasteiger partial charge on any atom is -0.399 e. The molecule has 0 saturated heterocycles. The lowest BCUT2D eigenvalue weighted by Gasteiger charge is -2.37. The Morgan fingerprint density at radius 1 is 1.12 bits per heavy atom. The zero-order valence-electron chi connectivity index (χ0n) is 9.58. The number of aliphatic hydroxyl groups is 1. The summed E-state index contributed by atoms with van der Waals surface area (Å²) in [6, 6.07) is 7.72. The fourth-order valence-corrected chi connectivity index (χ4v) is 2.42. The summed E-state index contributed by atoms with van der Waals surface area (Å²) in [6.45, 7) is 0.206. The number of anilines is 2. The Balaban J connectivity index is 2.08. The molecule has 3 nitrogen and oxygen atoms in total. The lowest BCUT2D eigenvalue weighted by molar-refractivity contribution is 0.173. The molecule has 1 fully saturated rings. The van der Waals surface area contributed by atoms with Crippen LogP contribution in [0.25, 0.3) is 0 Å². The summed E-state index contributed by atoms with van der Waals surface area (Å²) in [4.78, 5) is 0. The number of rotatable bonds is 3. The summed E-state index contributed by atoms with van der Waals surface area (Å²) in [7, 11) is 0. The smallest absolute Gasteiger partial charge is 0.0661 e. The number of nitrogens with two attached hydrogens (primary N) is 1. The first kappa shape index (κ1) is 11.3. The molecule has 0 spiro atoms. The molecule has 1 aromatic carbocycles. The van der Waals surface area contributed by atoms with E-state index < -0.39 is 0 Å². The molecule has 16 heavy (non-hydrogen) atoms. The molecule has 1 saturated carbocycles. The van der Waals surface area contributed by atoms with Crippen LogP contribution in [0.5, 0.6) is 0 Å². The zero-order valence-corrected chi connectivity index (χ0v) is 9.58. The van der Waals surface area contributed by atoms with Crippen LogP contribution < -0.4 is 11.1 Å². The van der Waals surface area contributed by atoms with Crippen molar-refractivity contribution in [1.82, 2.24) is 0 Å². The van der Waals surface area contributed by atoms with E-state index in [0.717, 1.165) is 24.2 Å². The Kier molecular flexibility index (Phi) is 3.34. The molecule has 0 radical (unpaired) electrons. The normalized spacial score (nSPS) is 19.3. The highest BCUT2D eigenvalue weighted by atomic mass is 16.3. The molecule has 0 unspecified atom stereocenters. The third-order valence-electron chi connectivity index (χ3n) is 3.43. The van der Waals surface area contributed by atoms with Crippen LogP contribution in [-0.4, -0.2) is 17.3 Å². The first-order chi connectivity index (χ1) is 7.74. The second-order valence-corrected chi connectivity index (χ2v) is 4.75. The van der Waals surface area contributed by atoms with Gasteiger partial charge in [-0.25, -0.2) is 0 Å². The van der Waals surface area contributed by atoms with Crippen LogP contribution in [-0.2, 0) is 0 Å². The molecular weight excluding hydrogens is 200 g/mol. The molecule has 88 valence electrons. The first-order valence-corrected chi connectivity index (χ1v) is 5.99. The van der Waals surface area contributed by atoms with Gasteiger partial charge in [-0.05, 0) is 37.1 Å². The summed E-state index contributed by atoms with van der Waals surface area (Å²) in [5.74, 6) is 0.